The minimum atomic E-state index is -0.448. The molecule has 0 heterocycles. The van der Waals surface area contributed by atoms with E-state index < -0.39 is 6.67 Å². The summed E-state index contributed by atoms with van der Waals surface area (Å²) in [7, 11) is 0. The quantitative estimate of drug-likeness (QED) is 0.800. The third kappa shape index (κ3) is 2.47. The molecule has 0 amide bonds. The average Bonchev–Trinajstić information content (AvgIpc) is 2.20. The van der Waals surface area contributed by atoms with Gasteiger partial charge in [0.05, 0.1) is 17.8 Å². The van der Waals surface area contributed by atoms with Gasteiger partial charge >= 0.3 is 0 Å². The van der Waals surface area contributed by atoms with E-state index in [4.69, 9.17) is 4.74 Å². The van der Waals surface area contributed by atoms with Gasteiger partial charge in [0, 0.05) is 11.5 Å². The fourth-order valence-corrected chi connectivity index (χ4v) is 1.69. The Morgan fingerprint density at radius 3 is 2.79 bits per heavy atom. The molecule has 0 unspecified atom stereocenters. The molecule has 0 spiro atoms. The Kier molecular flexibility index (Phi) is 4.39. The Morgan fingerprint density at radius 2 is 2.21 bits per heavy atom. The topological polar surface area (TPSA) is 9.23 Å². The van der Waals surface area contributed by atoms with Crippen LogP contribution >= 0.6 is 15.9 Å². The third-order valence-electron chi connectivity index (χ3n) is 1.92. The Hall–Kier alpha value is -0.570. The van der Waals surface area contributed by atoms with Crippen LogP contribution in [0.2, 0.25) is 0 Å². The molecule has 1 rings (SSSR count). The highest BCUT2D eigenvalue weighted by atomic mass is 79.9. The first kappa shape index (κ1) is 11.5. The van der Waals surface area contributed by atoms with Gasteiger partial charge in [-0.1, -0.05) is 19.1 Å². The van der Waals surface area contributed by atoms with Gasteiger partial charge in [-0.15, -0.1) is 0 Å². The molecule has 0 saturated carbocycles. The molecular formula is C11H13BrFO. The Bertz CT molecular complexity index is 301. The smallest absolute Gasteiger partial charge is 0.137 e. The van der Waals surface area contributed by atoms with E-state index in [1.54, 1.807) is 6.92 Å². The molecule has 1 radical (unpaired) electrons. The van der Waals surface area contributed by atoms with Gasteiger partial charge in [-0.05, 0) is 28.9 Å². The third-order valence-corrected chi connectivity index (χ3v) is 2.54. The van der Waals surface area contributed by atoms with Gasteiger partial charge in [-0.2, -0.15) is 0 Å². The van der Waals surface area contributed by atoms with E-state index in [0.717, 1.165) is 15.8 Å². The molecule has 1 nitrogen and oxygen atoms in total. The summed E-state index contributed by atoms with van der Waals surface area (Å²) in [5.41, 5.74) is 0.837. The van der Waals surface area contributed by atoms with Crippen LogP contribution in [0.5, 0.6) is 5.75 Å². The maximum atomic E-state index is 12.5. The second kappa shape index (κ2) is 5.35. The number of para-hydroxylation sites is 1. The summed E-state index contributed by atoms with van der Waals surface area (Å²) >= 11 is 3.38. The fraction of sp³-hybridized carbons (Fsp3) is 0.364. The number of rotatable bonds is 4. The van der Waals surface area contributed by atoms with Crippen LogP contribution in [-0.4, -0.2) is 13.3 Å². The molecule has 1 aromatic carbocycles. The fourth-order valence-electron chi connectivity index (χ4n) is 1.21. The molecule has 0 fully saturated rings. The van der Waals surface area contributed by atoms with Crippen LogP contribution in [0.25, 0.3) is 0 Å². The molecule has 0 aliphatic heterocycles. The maximum absolute atomic E-state index is 12.5. The zero-order chi connectivity index (χ0) is 10.6. The van der Waals surface area contributed by atoms with Gasteiger partial charge in [-0.25, -0.2) is 0 Å². The molecule has 0 aromatic heterocycles. The number of alkyl halides is 1. The molecule has 0 saturated heterocycles. The zero-order valence-corrected chi connectivity index (χ0v) is 9.90. The summed E-state index contributed by atoms with van der Waals surface area (Å²) in [6, 6.07) is 5.63. The molecule has 0 aliphatic rings. The van der Waals surface area contributed by atoms with E-state index in [1.165, 1.54) is 0 Å². The van der Waals surface area contributed by atoms with Crippen LogP contribution in [0.15, 0.2) is 22.7 Å². The van der Waals surface area contributed by atoms with Gasteiger partial charge < -0.3 is 4.74 Å². The Balaban J connectivity index is 3.07. The van der Waals surface area contributed by atoms with E-state index in [9.17, 15) is 4.39 Å². The van der Waals surface area contributed by atoms with Crippen molar-refractivity contribution >= 4 is 15.9 Å². The predicted octanol–water partition coefficient (Wildman–Crippen LogP) is 3.76. The summed E-state index contributed by atoms with van der Waals surface area (Å²) < 4.78 is 18.8. The number of halogens is 2. The van der Waals surface area contributed by atoms with E-state index in [2.05, 4.69) is 15.9 Å². The first-order valence-electron chi connectivity index (χ1n) is 4.50. The van der Waals surface area contributed by atoms with Crippen molar-refractivity contribution in [3.8, 4) is 5.75 Å². The van der Waals surface area contributed by atoms with Crippen molar-refractivity contribution < 1.29 is 9.13 Å². The maximum Gasteiger partial charge on any atom is 0.137 e. The summed E-state index contributed by atoms with van der Waals surface area (Å²) in [5, 5.41) is 0. The lowest BCUT2D eigenvalue weighted by molar-refractivity contribution is 0.334. The second-order valence-corrected chi connectivity index (χ2v) is 3.82. The van der Waals surface area contributed by atoms with Crippen LogP contribution in [0.4, 0.5) is 4.39 Å². The van der Waals surface area contributed by atoms with Crippen LogP contribution in [0.3, 0.4) is 0 Å². The van der Waals surface area contributed by atoms with Gasteiger partial charge in [-0.3, -0.25) is 4.39 Å². The normalized spacial score (nSPS) is 10.6. The molecule has 0 aliphatic carbocycles. The molecule has 3 heteroatoms. The average molecular weight is 260 g/mol. The van der Waals surface area contributed by atoms with Crippen molar-refractivity contribution in [2.24, 2.45) is 0 Å². The SMILES string of the molecule is CCOc1c(Br)cccc1[C](C)CF. The van der Waals surface area contributed by atoms with Crippen molar-refractivity contribution in [2.75, 3.05) is 13.3 Å². The van der Waals surface area contributed by atoms with Gasteiger partial charge in [0.1, 0.15) is 5.75 Å². The molecular weight excluding hydrogens is 247 g/mol. The summed E-state index contributed by atoms with van der Waals surface area (Å²) in [4.78, 5) is 0. The first-order valence-corrected chi connectivity index (χ1v) is 5.30. The minimum Gasteiger partial charge on any atom is -0.492 e. The van der Waals surface area contributed by atoms with Gasteiger partial charge in [0.2, 0.25) is 0 Å². The van der Waals surface area contributed by atoms with Crippen molar-refractivity contribution in [1.82, 2.24) is 0 Å². The largest absolute Gasteiger partial charge is 0.492 e. The molecule has 0 bridgehead atoms. The number of hydrogen-bond donors (Lipinski definition) is 0. The highest BCUT2D eigenvalue weighted by molar-refractivity contribution is 9.10. The first-order chi connectivity index (χ1) is 6.70. The van der Waals surface area contributed by atoms with Crippen molar-refractivity contribution in [2.45, 2.75) is 13.8 Å². The highest BCUT2D eigenvalue weighted by Gasteiger charge is 2.14. The predicted molar refractivity (Wildman–Crippen MR) is 59.3 cm³/mol. The second-order valence-electron chi connectivity index (χ2n) is 2.96. The zero-order valence-electron chi connectivity index (χ0n) is 8.31. The summed E-state index contributed by atoms with van der Waals surface area (Å²) in [5.74, 6) is 1.42. The molecule has 77 valence electrons. The van der Waals surface area contributed by atoms with Crippen molar-refractivity contribution in [1.29, 1.82) is 0 Å². The number of hydrogen-bond acceptors (Lipinski definition) is 1. The lowest BCUT2D eigenvalue weighted by Gasteiger charge is -2.14. The van der Waals surface area contributed by atoms with Crippen LogP contribution < -0.4 is 4.74 Å². The standard InChI is InChI=1S/C11H13BrFO/c1-3-14-11-9(8(2)7-13)5-4-6-10(11)12/h4-6H,3,7H2,1-2H3. The van der Waals surface area contributed by atoms with Crippen molar-refractivity contribution in [3.05, 3.63) is 34.2 Å². The van der Waals surface area contributed by atoms with Crippen LogP contribution in [0, 0.1) is 5.92 Å². The van der Waals surface area contributed by atoms with Crippen molar-refractivity contribution in [3.63, 3.8) is 0 Å². The van der Waals surface area contributed by atoms with Gasteiger partial charge in [0.25, 0.3) is 0 Å². The minimum absolute atomic E-state index is 0.448. The number of benzene rings is 1. The Labute approximate surface area is 92.4 Å². The summed E-state index contributed by atoms with van der Waals surface area (Å²) in [6.07, 6.45) is 0. The van der Waals surface area contributed by atoms with Gasteiger partial charge in [0.15, 0.2) is 0 Å². The highest BCUT2D eigenvalue weighted by Crippen LogP contribution is 2.33. The van der Waals surface area contributed by atoms with E-state index in [1.807, 2.05) is 25.1 Å². The Morgan fingerprint density at radius 1 is 1.50 bits per heavy atom. The van der Waals surface area contributed by atoms with Crippen LogP contribution in [-0.2, 0) is 0 Å². The lowest BCUT2D eigenvalue weighted by atomic mass is 10.0. The molecule has 14 heavy (non-hydrogen) atoms. The lowest BCUT2D eigenvalue weighted by Crippen LogP contribution is -2.03. The van der Waals surface area contributed by atoms with E-state index in [-0.39, 0.29) is 0 Å². The van der Waals surface area contributed by atoms with Crippen LogP contribution in [0.1, 0.15) is 19.4 Å². The molecule has 0 atom stereocenters. The summed E-state index contributed by atoms with van der Waals surface area (Å²) in [6.45, 7) is 3.81. The van der Waals surface area contributed by atoms with E-state index >= 15 is 0 Å². The number of ether oxygens (including phenoxy) is 1. The van der Waals surface area contributed by atoms with E-state index in [0.29, 0.717) is 12.5 Å². The molecule has 0 N–H and O–H groups in total. The molecule has 1 aromatic rings. The monoisotopic (exact) mass is 259 g/mol.